The highest BCUT2D eigenvalue weighted by Crippen LogP contribution is 2.40. The molecule has 25 heavy (non-hydrogen) atoms. The first-order valence-electron chi connectivity index (χ1n) is 8.81. The highest BCUT2D eigenvalue weighted by molar-refractivity contribution is 5.78. The van der Waals surface area contributed by atoms with Crippen molar-refractivity contribution in [1.29, 1.82) is 0 Å². The average molecular weight is 356 g/mol. The summed E-state index contributed by atoms with van der Waals surface area (Å²) in [7, 11) is 0. The van der Waals surface area contributed by atoms with Gasteiger partial charge >= 0.3 is 6.18 Å². The Morgan fingerprint density at radius 1 is 1.08 bits per heavy atom. The zero-order chi connectivity index (χ0) is 18.7. The molecule has 1 fully saturated rings. The number of benzene rings is 1. The van der Waals surface area contributed by atoms with Gasteiger partial charge in [0.2, 0.25) is 5.91 Å². The molecule has 1 saturated heterocycles. The zero-order valence-corrected chi connectivity index (χ0v) is 15.2. The third-order valence-corrected chi connectivity index (χ3v) is 4.90. The molecule has 1 aromatic carbocycles. The maximum absolute atomic E-state index is 13.1. The summed E-state index contributed by atoms with van der Waals surface area (Å²) in [4.78, 5) is 16.2. The molecule has 0 N–H and O–H groups in total. The first-order valence-corrected chi connectivity index (χ1v) is 8.81. The molecule has 6 heteroatoms. The summed E-state index contributed by atoms with van der Waals surface area (Å²) in [5, 5.41) is 0. The average Bonchev–Trinajstić information content (AvgIpc) is 2.69. The maximum Gasteiger partial charge on any atom is 0.397 e. The first kappa shape index (κ1) is 19.8. The third-order valence-electron chi connectivity index (χ3n) is 4.90. The van der Waals surface area contributed by atoms with E-state index in [4.69, 9.17) is 0 Å². The Bertz CT molecular complexity index is 581. The van der Waals surface area contributed by atoms with Crippen LogP contribution in [0, 0.1) is 0 Å². The van der Waals surface area contributed by atoms with Crippen LogP contribution in [0.2, 0.25) is 0 Å². The normalized spacial score (nSPS) is 17.7. The van der Waals surface area contributed by atoms with E-state index in [2.05, 4.69) is 11.8 Å². The van der Waals surface area contributed by atoms with E-state index in [-0.39, 0.29) is 11.5 Å². The number of carbonyl (C=O) groups is 1. The van der Waals surface area contributed by atoms with E-state index >= 15 is 0 Å². The van der Waals surface area contributed by atoms with E-state index in [1.165, 1.54) is 13.8 Å². The molecule has 0 saturated carbocycles. The molecule has 3 nitrogen and oxygen atoms in total. The third kappa shape index (κ3) is 4.75. The van der Waals surface area contributed by atoms with Crippen molar-refractivity contribution in [3.05, 3.63) is 35.4 Å². The van der Waals surface area contributed by atoms with Gasteiger partial charge in [0.1, 0.15) is 0 Å². The van der Waals surface area contributed by atoms with E-state index in [1.807, 2.05) is 4.90 Å². The van der Waals surface area contributed by atoms with Gasteiger partial charge in [0, 0.05) is 26.2 Å². The highest BCUT2D eigenvalue weighted by Gasteiger charge is 2.48. The molecule has 1 heterocycles. The van der Waals surface area contributed by atoms with Crippen molar-refractivity contribution < 1.29 is 18.0 Å². The Balaban J connectivity index is 2.03. The van der Waals surface area contributed by atoms with Crippen molar-refractivity contribution in [3.63, 3.8) is 0 Å². The number of alkyl halides is 3. The molecule has 0 aromatic heterocycles. The summed E-state index contributed by atoms with van der Waals surface area (Å²) in [5.41, 5.74) is -0.687. The Labute approximate surface area is 147 Å². The van der Waals surface area contributed by atoms with E-state index in [0.29, 0.717) is 13.1 Å². The highest BCUT2D eigenvalue weighted by atomic mass is 19.4. The molecule has 1 amide bonds. The molecular weight excluding hydrogens is 329 g/mol. The Kier molecular flexibility index (Phi) is 6.14. The van der Waals surface area contributed by atoms with Crippen molar-refractivity contribution in [2.45, 2.75) is 51.7 Å². The van der Waals surface area contributed by atoms with Gasteiger partial charge in [-0.05, 0) is 37.8 Å². The van der Waals surface area contributed by atoms with Crippen molar-refractivity contribution >= 4 is 5.91 Å². The molecule has 0 atom stereocenters. The van der Waals surface area contributed by atoms with Crippen LogP contribution in [0.5, 0.6) is 0 Å². The Morgan fingerprint density at radius 2 is 1.72 bits per heavy atom. The van der Waals surface area contributed by atoms with Crippen LogP contribution in [0.15, 0.2) is 24.3 Å². The maximum atomic E-state index is 13.1. The van der Waals surface area contributed by atoms with Crippen LogP contribution in [0.25, 0.3) is 0 Å². The Hall–Kier alpha value is -1.56. The van der Waals surface area contributed by atoms with Gasteiger partial charge in [-0.1, -0.05) is 31.2 Å². The quantitative estimate of drug-likeness (QED) is 0.797. The monoisotopic (exact) mass is 356 g/mol. The van der Waals surface area contributed by atoms with Gasteiger partial charge in [0.15, 0.2) is 0 Å². The van der Waals surface area contributed by atoms with Crippen molar-refractivity contribution in [2.75, 3.05) is 26.2 Å². The molecule has 0 spiro atoms. The summed E-state index contributed by atoms with van der Waals surface area (Å²) in [5.74, 6) is 0.133. The molecule has 140 valence electrons. The smallest absolute Gasteiger partial charge is 0.342 e. The van der Waals surface area contributed by atoms with Crippen molar-refractivity contribution in [3.8, 4) is 0 Å². The minimum atomic E-state index is -4.28. The van der Waals surface area contributed by atoms with Gasteiger partial charge in [0.05, 0.1) is 12.0 Å². The SMILES string of the molecule is CCCN1CCCN(Cc2ccc(C(C)(C)C(F)(F)F)cc2)CC1=O. The molecule has 0 radical (unpaired) electrons. The minimum Gasteiger partial charge on any atom is -0.342 e. The fourth-order valence-corrected chi connectivity index (χ4v) is 3.07. The lowest BCUT2D eigenvalue weighted by molar-refractivity contribution is -0.180. The lowest BCUT2D eigenvalue weighted by Crippen LogP contribution is -2.37. The summed E-state index contributed by atoms with van der Waals surface area (Å²) < 4.78 is 39.4. The van der Waals surface area contributed by atoms with E-state index in [1.54, 1.807) is 24.3 Å². The van der Waals surface area contributed by atoms with Crippen LogP contribution in [0.4, 0.5) is 13.2 Å². The Morgan fingerprint density at radius 3 is 2.28 bits per heavy atom. The number of amides is 1. The largest absolute Gasteiger partial charge is 0.397 e. The second-order valence-corrected chi connectivity index (χ2v) is 7.26. The molecule has 2 rings (SSSR count). The standard InChI is InChI=1S/C19H27F3N2O/c1-4-10-24-12-5-11-23(14-17(24)25)13-15-6-8-16(9-7-15)18(2,3)19(20,21)22/h6-9H,4-5,10-14H2,1-3H3. The van der Waals surface area contributed by atoms with Crippen LogP contribution in [0.3, 0.4) is 0 Å². The lowest BCUT2D eigenvalue weighted by Gasteiger charge is -2.28. The molecule has 1 aliphatic rings. The van der Waals surface area contributed by atoms with Crippen LogP contribution in [-0.4, -0.2) is 48.1 Å². The molecular formula is C19H27F3N2O. The molecule has 0 unspecified atom stereocenters. The first-order chi connectivity index (χ1) is 11.6. The van der Waals surface area contributed by atoms with Gasteiger partial charge in [-0.2, -0.15) is 13.2 Å². The van der Waals surface area contributed by atoms with Gasteiger partial charge in [0.25, 0.3) is 0 Å². The minimum absolute atomic E-state index is 0.133. The lowest BCUT2D eigenvalue weighted by atomic mass is 9.83. The van der Waals surface area contributed by atoms with Crippen LogP contribution < -0.4 is 0 Å². The number of nitrogens with zero attached hydrogens (tertiary/aromatic N) is 2. The predicted molar refractivity (Wildman–Crippen MR) is 92.3 cm³/mol. The summed E-state index contributed by atoms with van der Waals surface area (Å²) >= 11 is 0. The molecule has 1 aliphatic heterocycles. The van der Waals surface area contributed by atoms with E-state index in [0.717, 1.165) is 38.0 Å². The molecule has 0 aliphatic carbocycles. The number of rotatable bonds is 5. The molecule has 0 bridgehead atoms. The second kappa shape index (κ2) is 7.77. The van der Waals surface area contributed by atoms with Crippen LogP contribution >= 0.6 is 0 Å². The van der Waals surface area contributed by atoms with E-state index < -0.39 is 11.6 Å². The van der Waals surface area contributed by atoms with E-state index in [9.17, 15) is 18.0 Å². The van der Waals surface area contributed by atoms with Crippen LogP contribution in [-0.2, 0) is 16.8 Å². The fourth-order valence-electron chi connectivity index (χ4n) is 3.07. The number of hydrogen-bond donors (Lipinski definition) is 0. The summed E-state index contributed by atoms with van der Waals surface area (Å²) in [6.45, 7) is 7.78. The topological polar surface area (TPSA) is 23.6 Å². The summed E-state index contributed by atoms with van der Waals surface area (Å²) in [6, 6.07) is 6.57. The fraction of sp³-hybridized carbons (Fsp3) is 0.632. The van der Waals surface area contributed by atoms with Crippen molar-refractivity contribution in [2.24, 2.45) is 0 Å². The van der Waals surface area contributed by atoms with Crippen LogP contribution in [0.1, 0.15) is 44.7 Å². The summed E-state index contributed by atoms with van der Waals surface area (Å²) in [6.07, 6.45) is -2.42. The molecule has 1 aromatic rings. The predicted octanol–water partition coefficient (Wildman–Crippen LogP) is 3.97. The van der Waals surface area contributed by atoms with Gasteiger partial charge in [-0.25, -0.2) is 0 Å². The second-order valence-electron chi connectivity index (χ2n) is 7.26. The number of carbonyl (C=O) groups excluding carboxylic acids is 1. The number of halogens is 3. The number of hydrogen-bond acceptors (Lipinski definition) is 2. The van der Waals surface area contributed by atoms with Gasteiger partial charge in [-0.15, -0.1) is 0 Å². The van der Waals surface area contributed by atoms with Gasteiger partial charge in [-0.3, -0.25) is 9.69 Å². The zero-order valence-electron chi connectivity index (χ0n) is 15.2. The van der Waals surface area contributed by atoms with Crippen molar-refractivity contribution in [1.82, 2.24) is 9.80 Å². The van der Waals surface area contributed by atoms with Gasteiger partial charge < -0.3 is 4.90 Å².